The third-order valence-corrected chi connectivity index (χ3v) is 2.20. The number of hydrogen-bond acceptors (Lipinski definition) is 2. The Balaban J connectivity index is 2.72. The normalized spacial score (nSPS) is 9.69. The maximum atomic E-state index is 11.4. The van der Waals surface area contributed by atoms with Gasteiger partial charge < -0.3 is 9.67 Å². The molecule has 1 rings (SSSR count). The number of unbranched alkanes of at least 4 members (excludes halogenated alkanes) is 2. The molecule has 0 unspecified atom stereocenters. The highest BCUT2D eigenvalue weighted by Gasteiger charge is 2.04. The molecule has 0 amide bonds. The molecule has 0 radical (unpaired) electrons. The van der Waals surface area contributed by atoms with Crippen molar-refractivity contribution < 1.29 is 9.90 Å². The van der Waals surface area contributed by atoms with Gasteiger partial charge in [-0.05, 0) is 18.9 Å². The Morgan fingerprint density at radius 3 is 2.81 bits per heavy atom. The minimum absolute atomic E-state index is 0.122. The predicted octanol–water partition coefficient (Wildman–Crippen LogP) is 1.35. The Morgan fingerprint density at radius 1 is 1.44 bits per heavy atom. The fraction of sp³-hybridized carbons (Fsp3) is 0.333. The minimum Gasteiger partial charge on any atom is -0.478 e. The average Bonchev–Trinajstić information content (AvgIpc) is 2.26. The Hall–Kier alpha value is -2.02. The lowest BCUT2D eigenvalue weighted by atomic mass is 10.2. The van der Waals surface area contributed by atoms with Crippen LogP contribution in [0.4, 0.5) is 0 Å². The topological polar surface area (TPSA) is 59.3 Å². The van der Waals surface area contributed by atoms with Crippen LogP contribution in [0.15, 0.2) is 23.1 Å². The van der Waals surface area contributed by atoms with Crippen molar-refractivity contribution in [2.24, 2.45) is 0 Å². The van der Waals surface area contributed by atoms with Crippen molar-refractivity contribution >= 4 is 5.97 Å². The van der Waals surface area contributed by atoms with Crippen LogP contribution in [0.2, 0.25) is 0 Å². The van der Waals surface area contributed by atoms with Crippen LogP contribution in [0, 0.1) is 12.3 Å². The molecule has 0 aliphatic carbocycles. The van der Waals surface area contributed by atoms with Gasteiger partial charge in [0, 0.05) is 25.2 Å². The van der Waals surface area contributed by atoms with Crippen LogP contribution in [0.5, 0.6) is 0 Å². The number of carboxylic acids is 1. The molecule has 4 heteroatoms. The Labute approximate surface area is 93.5 Å². The third-order valence-electron chi connectivity index (χ3n) is 2.20. The smallest absolute Gasteiger partial charge is 0.337 e. The molecular formula is C12H13NO3. The molecule has 0 spiro atoms. The summed E-state index contributed by atoms with van der Waals surface area (Å²) in [6, 6.07) is 2.58. The largest absolute Gasteiger partial charge is 0.478 e. The number of nitrogens with zero attached hydrogens (tertiary/aromatic N) is 1. The predicted molar refractivity (Wildman–Crippen MR) is 60.3 cm³/mol. The number of aryl methyl sites for hydroxylation is 1. The number of hydrogen-bond donors (Lipinski definition) is 1. The summed E-state index contributed by atoms with van der Waals surface area (Å²) in [5.41, 5.74) is -0.0674. The van der Waals surface area contributed by atoms with Crippen molar-refractivity contribution in [1.82, 2.24) is 4.57 Å². The fourth-order valence-corrected chi connectivity index (χ4v) is 1.34. The van der Waals surface area contributed by atoms with E-state index in [0.717, 1.165) is 12.8 Å². The van der Waals surface area contributed by atoms with Crippen molar-refractivity contribution in [3.8, 4) is 12.3 Å². The van der Waals surface area contributed by atoms with Gasteiger partial charge in [-0.2, -0.15) is 0 Å². The van der Waals surface area contributed by atoms with Crippen LogP contribution < -0.4 is 5.56 Å². The highest BCUT2D eigenvalue weighted by Crippen LogP contribution is 1.99. The average molecular weight is 219 g/mol. The summed E-state index contributed by atoms with van der Waals surface area (Å²) in [6.45, 7) is 0.502. The number of pyridine rings is 1. The molecule has 1 heterocycles. The first-order valence-electron chi connectivity index (χ1n) is 5.02. The van der Waals surface area contributed by atoms with E-state index in [9.17, 15) is 9.59 Å². The van der Waals surface area contributed by atoms with Crippen molar-refractivity contribution in [2.75, 3.05) is 0 Å². The molecule has 1 aromatic heterocycles. The number of carbonyl (C=O) groups is 1. The van der Waals surface area contributed by atoms with E-state index in [1.165, 1.54) is 22.9 Å². The maximum absolute atomic E-state index is 11.4. The first kappa shape index (κ1) is 12.1. The van der Waals surface area contributed by atoms with Crippen molar-refractivity contribution in [1.29, 1.82) is 0 Å². The fourth-order valence-electron chi connectivity index (χ4n) is 1.34. The second kappa shape index (κ2) is 5.76. The second-order valence-electron chi connectivity index (χ2n) is 3.42. The summed E-state index contributed by atoms with van der Waals surface area (Å²) in [7, 11) is 0. The van der Waals surface area contributed by atoms with Gasteiger partial charge in [-0.25, -0.2) is 4.79 Å². The molecule has 4 nitrogen and oxygen atoms in total. The van der Waals surface area contributed by atoms with Crippen LogP contribution in [-0.2, 0) is 6.54 Å². The van der Waals surface area contributed by atoms with E-state index in [0.29, 0.717) is 13.0 Å². The van der Waals surface area contributed by atoms with E-state index < -0.39 is 5.97 Å². The number of aromatic carboxylic acids is 1. The summed E-state index contributed by atoms with van der Waals surface area (Å²) in [6.07, 6.45) is 8.75. The standard InChI is InChI=1S/C12H13NO3/c1-2-3-4-5-8-13-9-10(12(15)16)6-7-11(13)14/h1,6-7,9H,3-5,8H2,(H,15,16). The molecule has 1 N–H and O–H groups in total. The van der Waals surface area contributed by atoms with Gasteiger partial charge in [-0.1, -0.05) is 0 Å². The second-order valence-corrected chi connectivity index (χ2v) is 3.42. The van der Waals surface area contributed by atoms with Gasteiger partial charge in [0.25, 0.3) is 5.56 Å². The maximum Gasteiger partial charge on any atom is 0.337 e. The zero-order valence-electron chi connectivity index (χ0n) is 8.85. The SMILES string of the molecule is C#CCCCCn1cc(C(=O)O)ccc1=O. The summed E-state index contributed by atoms with van der Waals surface area (Å²) in [4.78, 5) is 22.1. The first-order chi connectivity index (χ1) is 7.65. The summed E-state index contributed by atoms with van der Waals surface area (Å²) >= 11 is 0. The van der Waals surface area contributed by atoms with Gasteiger partial charge in [0.05, 0.1) is 5.56 Å². The summed E-state index contributed by atoms with van der Waals surface area (Å²) in [5.74, 6) is 1.49. The van der Waals surface area contributed by atoms with Gasteiger partial charge in [-0.3, -0.25) is 4.79 Å². The molecule has 0 atom stereocenters. The molecule has 0 aliphatic rings. The molecular weight excluding hydrogens is 206 g/mol. The van der Waals surface area contributed by atoms with Crippen molar-refractivity contribution in [3.05, 3.63) is 34.2 Å². The van der Waals surface area contributed by atoms with E-state index in [2.05, 4.69) is 5.92 Å². The monoisotopic (exact) mass is 219 g/mol. The molecule has 0 aliphatic heterocycles. The lowest BCUT2D eigenvalue weighted by Crippen LogP contribution is -2.20. The molecule has 0 bridgehead atoms. The summed E-state index contributed by atoms with van der Waals surface area (Å²) < 4.78 is 1.40. The Kier molecular flexibility index (Phi) is 4.34. The molecule has 16 heavy (non-hydrogen) atoms. The van der Waals surface area contributed by atoms with Crippen LogP contribution in [0.1, 0.15) is 29.6 Å². The van der Waals surface area contributed by atoms with E-state index in [4.69, 9.17) is 11.5 Å². The Bertz CT molecular complexity index is 468. The number of carboxylic acid groups (broad SMARTS) is 1. The van der Waals surface area contributed by atoms with Crippen LogP contribution in [0.3, 0.4) is 0 Å². The zero-order valence-corrected chi connectivity index (χ0v) is 8.85. The molecule has 1 aromatic rings. The van der Waals surface area contributed by atoms with E-state index in [1.54, 1.807) is 0 Å². The van der Waals surface area contributed by atoms with E-state index in [1.807, 2.05) is 0 Å². The van der Waals surface area contributed by atoms with E-state index >= 15 is 0 Å². The summed E-state index contributed by atoms with van der Waals surface area (Å²) in [5, 5.41) is 8.77. The van der Waals surface area contributed by atoms with Crippen molar-refractivity contribution in [2.45, 2.75) is 25.8 Å². The van der Waals surface area contributed by atoms with Gasteiger partial charge in [-0.15, -0.1) is 12.3 Å². The lowest BCUT2D eigenvalue weighted by Gasteiger charge is -2.05. The van der Waals surface area contributed by atoms with Crippen LogP contribution in [-0.4, -0.2) is 15.6 Å². The van der Waals surface area contributed by atoms with Gasteiger partial charge in [0.15, 0.2) is 0 Å². The molecule has 0 saturated heterocycles. The van der Waals surface area contributed by atoms with Gasteiger partial charge in [0.2, 0.25) is 0 Å². The number of terminal acetylenes is 1. The first-order valence-corrected chi connectivity index (χ1v) is 5.02. The third kappa shape index (κ3) is 3.28. The Morgan fingerprint density at radius 2 is 2.19 bits per heavy atom. The minimum atomic E-state index is -1.03. The number of rotatable bonds is 5. The molecule has 0 saturated carbocycles. The quantitative estimate of drug-likeness (QED) is 0.600. The van der Waals surface area contributed by atoms with Crippen LogP contribution in [0.25, 0.3) is 0 Å². The van der Waals surface area contributed by atoms with Crippen LogP contribution >= 0.6 is 0 Å². The number of aromatic nitrogens is 1. The zero-order chi connectivity index (χ0) is 12.0. The highest BCUT2D eigenvalue weighted by atomic mass is 16.4. The molecule has 0 fully saturated rings. The van der Waals surface area contributed by atoms with Gasteiger partial charge >= 0.3 is 5.97 Å². The van der Waals surface area contributed by atoms with E-state index in [-0.39, 0.29) is 11.1 Å². The molecule has 84 valence electrons. The van der Waals surface area contributed by atoms with Gasteiger partial charge in [0.1, 0.15) is 0 Å². The highest BCUT2D eigenvalue weighted by molar-refractivity contribution is 5.87. The lowest BCUT2D eigenvalue weighted by molar-refractivity contribution is 0.0696. The van der Waals surface area contributed by atoms with Crippen molar-refractivity contribution in [3.63, 3.8) is 0 Å². The molecule has 0 aromatic carbocycles.